The van der Waals surface area contributed by atoms with Crippen molar-refractivity contribution in [1.29, 1.82) is 0 Å². The standard InChI is InChI=1S/C28H33BrN6O5S/c1-30-28(38)26-22-14-21(17-5-6-17)24(15-23(22)32-35(26)20-9-7-19(29)8-10-20)34(41(3,39)40)12-4-11-31-27(37)18-13-25(36)33(2)16-18/h7-10,14-15,17-18H,4-6,11-13,16H2,1-3H3,(H,30,38)(H,31,37). The summed E-state index contributed by atoms with van der Waals surface area (Å²) in [5.41, 5.74) is 2.98. The second kappa shape index (κ2) is 11.4. The van der Waals surface area contributed by atoms with Crippen molar-refractivity contribution >= 4 is 60.3 Å². The molecule has 2 aliphatic rings. The van der Waals surface area contributed by atoms with Crippen LogP contribution in [0.3, 0.4) is 0 Å². The number of amides is 3. The number of anilines is 1. The second-order valence-corrected chi connectivity index (χ2v) is 13.5. The fourth-order valence-electron chi connectivity index (χ4n) is 5.26. The average molecular weight is 646 g/mol. The molecule has 5 rings (SSSR count). The summed E-state index contributed by atoms with van der Waals surface area (Å²) in [6, 6.07) is 11.1. The first-order chi connectivity index (χ1) is 19.5. The average Bonchev–Trinajstić information content (AvgIpc) is 3.63. The minimum atomic E-state index is -3.68. The van der Waals surface area contributed by atoms with Crippen LogP contribution in [0.4, 0.5) is 5.69 Å². The third-order valence-electron chi connectivity index (χ3n) is 7.57. The third-order valence-corrected chi connectivity index (χ3v) is 9.28. The molecule has 0 spiro atoms. The molecule has 3 aromatic rings. The molecule has 1 unspecified atom stereocenters. The smallest absolute Gasteiger partial charge is 0.270 e. The Morgan fingerprint density at radius 2 is 1.88 bits per heavy atom. The molecule has 13 heteroatoms. The van der Waals surface area contributed by atoms with Crippen LogP contribution in [-0.2, 0) is 19.6 Å². The molecule has 11 nitrogen and oxygen atoms in total. The van der Waals surface area contributed by atoms with Crippen molar-refractivity contribution in [3.8, 4) is 5.69 Å². The molecule has 2 aromatic carbocycles. The first-order valence-electron chi connectivity index (χ1n) is 13.5. The highest BCUT2D eigenvalue weighted by atomic mass is 79.9. The Morgan fingerprint density at radius 3 is 2.46 bits per heavy atom. The Morgan fingerprint density at radius 1 is 1.17 bits per heavy atom. The van der Waals surface area contributed by atoms with Crippen LogP contribution in [-0.4, -0.2) is 80.8 Å². The van der Waals surface area contributed by atoms with Crippen LogP contribution in [0.15, 0.2) is 40.9 Å². The van der Waals surface area contributed by atoms with E-state index in [-0.39, 0.29) is 43.1 Å². The largest absolute Gasteiger partial charge is 0.356 e. The summed E-state index contributed by atoms with van der Waals surface area (Å²) in [7, 11) is -0.437. The van der Waals surface area contributed by atoms with Crippen molar-refractivity contribution in [2.75, 3.05) is 44.3 Å². The quantitative estimate of drug-likeness (QED) is 0.326. The molecule has 1 aliphatic heterocycles. The van der Waals surface area contributed by atoms with Crippen LogP contribution in [0.25, 0.3) is 16.6 Å². The van der Waals surface area contributed by atoms with Gasteiger partial charge in [0.25, 0.3) is 5.91 Å². The Bertz CT molecular complexity index is 1620. The number of benzene rings is 2. The number of rotatable bonds is 10. The lowest BCUT2D eigenvalue weighted by molar-refractivity contribution is -0.128. The number of hydrogen-bond donors (Lipinski definition) is 2. The molecule has 0 bridgehead atoms. The fraction of sp³-hybridized carbons (Fsp3) is 0.429. The number of nitrogens with zero attached hydrogens (tertiary/aromatic N) is 4. The van der Waals surface area contributed by atoms with E-state index in [0.29, 0.717) is 40.9 Å². The first kappa shape index (κ1) is 29.1. The molecule has 0 radical (unpaired) electrons. The van der Waals surface area contributed by atoms with Gasteiger partial charge >= 0.3 is 0 Å². The molecular formula is C28H33BrN6O5S. The zero-order chi connectivity index (χ0) is 29.5. The van der Waals surface area contributed by atoms with Gasteiger partial charge in [-0.15, -0.1) is 0 Å². The van der Waals surface area contributed by atoms with Crippen molar-refractivity contribution in [1.82, 2.24) is 25.3 Å². The summed E-state index contributed by atoms with van der Waals surface area (Å²) in [6.45, 7) is 0.818. The van der Waals surface area contributed by atoms with Crippen molar-refractivity contribution in [3.05, 3.63) is 52.1 Å². The van der Waals surface area contributed by atoms with Crippen molar-refractivity contribution < 1.29 is 22.8 Å². The highest BCUT2D eigenvalue weighted by Crippen LogP contribution is 2.46. The highest BCUT2D eigenvalue weighted by molar-refractivity contribution is 9.10. The predicted molar refractivity (Wildman–Crippen MR) is 160 cm³/mol. The van der Waals surface area contributed by atoms with Gasteiger partial charge in [-0.3, -0.25) is 18.7 Å². The predicted octanol–water partition coefficient (Wildman–Crippen LogP) is 2.78. The minimum Gasteiger partial charge on any atom is -0.356 e. The van der Waals surface area contributed by atoms with Crippen LogP contribution >= 0.6 is 15.9 Å². The summed E-state index contributed by atoms with van der Waals surface area (Å²) in [4.78, 5) is 38.9. The fourth-order valence-corrected chi connectivity index (χ4v) is 6.50. The van der Waals surface area contributed by atoms with E-state index < -0.39 is 15.9 Å². The molecule has 2 fully saturated rings. The number of halogens is 1. The van der Waals surface area contributed by atoms with E-state index in [1.54, 1.807) is 29.7 Å². The van der Waals surface area contributed by atoms with Crippen LogP contribution in [0.5, 0.6) is 0 Å². The van der Waals surface area contributed by atoms with E-state index >= 15 is 0 Å². The number of aromatic nitrogens is 2. The van der Waals surface area contributed by atoms with Crippen LogP contribution in [0.1, 0.15) is 47.7 Å². The molecule has 3 amide bonds. The van der Waals surface area contributed by atoms with Gasteiger partial charge < -0.3 is 15.5 Å². The topological polar surface area (TPSA) is 134 Å². The van der Waals surface area contributed by atoms with Gasteiger partial charge in [0.2, 0.25) is 21.8 Å². The Hall–Kier alpha value is -3.45. The van der Waals surface area contributed by atoms with Crippen molar-refractivity contribution in [2.24, 2.45) is 5.92 Å². The molecule has 1 atom stereocenters. The zero-order valence-electron chi connectivity index (χ0n) is 23.2. The number of carbonyl (C=O) groups excluding carboxylic acids is 3. The van der Waals surface area contributed by atoms with Gasteiger partial charge in [-0.05, 0) is 67.1 Å². The van der Waals surface area contributed by atoms with E-state index in [2.05, 4.69) is 26.6 Å². The lowest BCUT2D eigenvalue weighted by atomic mass is 10.0. The van der Waals surface area contributed by atoms with Gasteiger partial charge in [0, 0.05) is 50.0 Å². The van der Waals surface area contributed by atoms with Gasteiger partial charge in [-0.25, -0.2) is 13.1 Å². The molecule has 1 aromatic heterocycles. The zero-order valence-corrected chi connectivity index (χ0v) is 25.6. The summed E-state index contributed by atoms with van der Waals surface area (Å²) >= 11 is 3.44. The molecule has 218 valence electrons. The van der Waals surface area contributed by atoms with Gasteiger partial charge in [-0.2, -0.15) is 5.10 Å². The summed E-state index contributed by atoms with van der Waals surface area (Å²) < 4.78 is 30.0. The highest BCUT2D eigenvalue weighted by Gasteiger charge is 2.34. The van der Waals surface area contributed by atoms with Gasteiger partial charge in [0.05, 0.1) is 29.1 Å². The molecular weight excluding hydrogens is 612 g/mol. The van der Waals surface area contributed by atoms with Gasteiger partial charge in [-0.1, -0.05) is 15.9 Å². The van der Waals surface area contributed by atoms with Crippen LogP contribution in [0, 0.1) is 5.92 Å². The number of fused-ring (bicyclic) bond motifs is 1. The number of sulfonamides is 1. The minimum absolute atomic E-state index is 0.0569. The Labute approximate surface area is 247 Å². The van der Waals surface area contributed by atoms with Crippen LogP contribution in [0.2, 0.25) is 0 Å². The van der Waals surface area contributed by atoms with Crippen LogP contribution < -0.4 is 14.9 Å². The van der Waals surface area contributed by atoms with E-state index in [1.165, 1.54) is 10.6 Å². The monoisotopic (exact) mass is 644 g/mol. The third kappa shape index (κ3) is 6.10. The first-order valence-corrected chi connectivity index (χ1v) is 16.2. The Kier molecular flexibility index (Phi) is 8.11. The van der Waals surface area contributed by atoms with Gasteiger partial charge in [0.15, 0.2) is 0 Å². The molecule has 1 aliphatic carbocycles. The van der Waals surface area contributed by atoms with Gasteiger partial charge in [0.1, 0.15) is 5.69 Å². The van der Waals surface area contributed by atoms with E-state index in [0.717, 1.165) is 22.9 Å². The lowest BCUT2D eigenvalue weighted by Gasteiger charge is -2.25. The number of likely N-dealkylation sites (tertiary alicyclic amines) is 1. The summed E-state index contributed by atoms with van der Waals surface area (Å²) in [5.74, 6) is -0.759. The summed E-state index contributed by atoms with van der Waals surface area (Å²) in [5, 5.41) is 10.9. The van der Waals surface area contributed by atoms with E-state index in [1.807, 2.05) is 30.3 Å². The lowest BCUT2D eigenvalue weighted by Crippen LogP contribution is -2.36. The molecule has 1 saturated heterocycles. The van der Waals surface area contributed by atoms with E-state index in [4.69, 9.17) is 5.10 Å². The SMILES string of the molecule is CNC(=O)c1c2cc(C3CC3)c(N(CCCNC(=O)C3CC(=O)N(C)C3)S(C)(=O)=O)cc2nn1-c1ccc(Br)cc1. The molecule has 1 saturated carbocycles. The Balaban J connectivity index is 1.46. The second-order valence-electron chi connectivity index (χ2n) is 10.7. The molecule has 41 heavy (non-hydrogen) atoms. The maximum Gasteiger partial charge on any atom is 0.270 e. The van der Waals surface area contributed by atoms with E-state index in [9.17, 15) is 22.8 Å². The summed E-state index contributed by atoms with van der Waals surface area (Å²) in [6.07, 6.45) is 3.60. The normalized spacial score (nSPS) is 17.2. The number of nitrogens with one attached hydrogen (secondary N) is 2. The number of carbonyl (C=O) groups is 3. The number of hydrogen-bond acceptors (Lipinski definition) is 6. The molecule has 2 N–H and O–H groups in total. The maximum absolute atomic E-state index is 13.1. The van der Waals surface area contributed by atoms with Crippen molar-refractivity contribution in [2.45, 2.75) is 31.6 Å². The van der Waals surface area contributed by atoms with Crippen molar-refractivity contribution in [3.63, 3.8) is 0 Å². The maximum atomic E-state index is 13.1. The molecule has 2 heterocycles.